The first-order chi connectivity index (χ1) is 17.0. The first kappa shape index (κ1) is 23.2. The van der Waals surface area contributed by atoms with Crippen molar-refractivity contribution in [1.82, 2.24) is 20.5 Å². The number of ether oxygens (including phenoxy) is 1. The molecule has 1 aromatic heterocycles. The number of methoxy groups -OCH3 is 1. The number of nitriles is 1. The van der Waals surface area contributed by atoms with Crippen LogP contribution in [0.4, 0.5) is 0 Å². The lowest BCUT2D eigenvalue weighted by molar-refractivity contribution is -0.129. The highest BCUT2D eigenvalue weighted by molar-refractivity contribution is 6.02. The molecule has 0 radical (unpaired) electrons. The Kier molecular flexibility index (Phi) is 6.37. The maximum absolute atomic E-state index is 13.6. The number of H-pyrrole nitrogens is 1. The van der Waals surface area contributed by atoms with Crippen LogP contribution in [-0.4, -0.2) is 59.9 Å². The van der Waals surface area contributed by atoms with E-state index in [0.717, 1.165) is 36.6 Å². The number of piperidine rings is 1. The summed E-state index contributed by atoms with van der Waals surface area (Å²) in [6, 6.07) is 8.12. The van der Waals surface area contributed by atoms with Crippen LogP contribution in [-0.2, 0) is 9.59 Å². The van der Waals surface area contributed by atoms with Gasteiger partial charge in [0.15, 0.2) is 0 Å². The second kappa shape index (κ2) is 9.61. The van der Waals surface area contributed by atoms with Crippen molar-refractivity contribution >= 4 is 28.6 Å². The summed E-state index contributed by atoms with van der Waals surface area (Å²) in [5.74, 6) is 0.161. The molecule has 3 N–H and O–H groups in total. The Balaban J connectivity index is 1.36. The van der Waals surface area contributed by atoms with E-state index in [4.69, 9.17) is 4.74 Å². The molecular weight excluding hydrogens is 446 g/mol. The molecule has 1 aromatic carbocycles. The lowest BCUT2D eigenvalue weighted by Gasteiger charge is -2.29. The molecule has 3 heterocycles. The van der Waals surface area contributed by atoms with Gasteiger partial charge in [-0.15, -0.1) is 0 Å². The number of carbonyl (C=O) groups excluding carboxylic acids is 3. The summed E-state index contributed by atoms with van der Waals surface area (Å²) in [7, 11) is 1.59. The molecule has 3 unspecified atom stereocenters. The molecule has 184 valence electrons. The molecule has 3 aliphatic rings. The van der Waals surface area contributed by atoms with Gasteiger partial charge in [0.2, 0.25) is 11.8 Å². The molecule has 0 bridgehead atoms. The molecule has 9 nitrogen and oxygen atoms in total. The predicted molar refractivity (Wildman–Crippen MR) is 128 cm³/mol. The number of nitrogens with zero attached hydrogens (tertiary/aromatic N) is 2. The van der Waals surface area contributed by atoms with Gasteiger partial charge in [-0.05, 0) is 62.1 Å². The smallest absolute Gasteiger partial charge is 0.271 e. The summed E-state index contributed by atoms with van der Waals surface area (Å²) < 4.78 is 5.42. The summed E-state index contributed by atoms with van der Waals surface area (Å²) in [4.78, 5) is 44.2. The molecule has 2 aromatic rings. The summed E-state index contributed by atoms with van der Waals surface area (Å²) in [5.41, 5.74) is 1.21. The van der Waals surface area contributed by atoms with E-state index in [1.807, 2.05) is 18.2 Å². The molecule has 0 spiro atoms. The number of nitrogens with one attached hydrogen (secondary N) is 3. The van der Waals surface area contributed by atoms with Gasteiger partial charge in [0.1, 0.15) is 23.5 Å². The largest absolute Gasteiger partial charge is 0.496 e. The zero-order valence-corrected chi connectivity index (χ0v) is 19.9. The van der Waals surface area contributed by atoms with Crippen LogP contribution in [0.2, 0.25) is 0 Å². The molecule has 3 fully saturated rings. The number of hydrogen-bond donors (Lipinski definition) is 3. The molecule has 1 aliphatic carbocycles. The molecule has 1 saturated carbocycles. The Morgan fingerprint density at radius 1 is 1.29 bits per heavy atom. The van der Waals surface area contributed by atoms with E-state index < -0.39 is 12.1 Å². The minimum Gasteiger partial charge on any atom is -0.496 e. The zero-order valence-electron chi connectivity index (χ0n) is 19.9. The molecule has 2 aliphatic heterocycles. The van der Waals surface area contributed by atoms with Crippen LogP contribution < -0.4 is 15.4 Å². The van der Waals surface area contributed by atoms with Crippen molar-refractivity contribution in [2.45, 2.75) is 50.6 Å². The third-order valence-electron chi connectivity index (χ3n) is 7.89. The van der Waals surface area contributed by atoms with E-state index in [1.54, 1.807) is 18.1 Å². The summed E-state index contributed by atoms with van der Waals surface area (Å²) in [6.07, 6.45) is 4.77. The van der Waals surface area contributed by atoms with Crippen LogP contribution in [0.15, 0.2) is 24.3 Å². The number of aromatic amines is 1. The monoisotopic (exact) mass is 477 g/mol. The quantitative estimate of drug-likeness (QED) is 0.589. The van der Waals surface area contributed by atoms with Gasteiger partial charge < -0.3 is 25.3 Å². The standard InChI is InChI=1S/C26H31N5O4/c1-35-22-9-3-8-20-19(22)12-21(30-20)26(34)31-14-16-5-2-7-18(16)23(31)25(33)29-17(13-27)11-15-6-4-10-28-24(15)32/h3,8-9,12,15-18,23,30H,2,4-7,10-11,14H2,1H3,(H,28,32)(H,29,33)/t15?,16?,17-,18?,23-/m0/s1. The Labute approximate surface area is 204 Å². The second-order valence-electron chi connectivity index (χ2n) is 9.92. The Bertz CT molecular complexity index is 1180. The van der Waals surface area contributed by atoms with E-state index >= 15 is 0 Å². The lowest BCUT2D eigenvalue weighted by atomic mass is 9.91. The highest BCUT2D eigenvalue weighted by Gasteiger charge is 2.50. The van der Waals surface area contributed by atoms with Crippen molar-refractivity contribution < 1.29 is 19.1 Å². The average molecular weight is 478 g/mol. The number of fused-ring (bicyclic) bond motifs is 2. The van der Waals surface area contributed by atoms with Gasteiger partial charge in [-0.1, -0.05) is 12.5 Å². The van der Waals surface area contributed by atoms with E-state index in [1.165, 1.54) is 0 Å². The average Bonchev–Trinajstić information content (AvgIpc) is 3.58. The topological polar surface area (TPSA) is 127 Å². The maximum Gasteiger partial charge on any atom is 0.271 e. The van der Waals surface area contributed by atoms with Crippen LogP contribution in [0.3, 0.4) is 0 Å². The highest BCUT2D eigenvalue weighted by Crippen LogP contribution is 2.43. The molecule has 5 atom stereocenters. The zero-order chi connectivity index (χ0) is 24.5. The normalized spacial score (nSPS) is 26.6. The van der Waals surface area contributed by atoms with Crippen molar-refractivity contribution in [3.63, 3.8) is 0 Å². The van der Waals surface area contributed by atoms with Crippen molar-refractivity contribution in [3.05, 3.63) is 30.0 Å². The van der Waals surface area contributed by atoms with Crippen molar-refractivity contribution in [3.8, 4) is 11.8 Å². The van der Waals surface area contributed by atoms with Gasteiger partial charge in [0.25, 0.3) is 5.91 Å². The number of rotatable bonds is 6. The number of amides is 3. The molecular formula is C26H31N5O4. The Morgan fingerprint density at radius 3 is 2.91 bits per heavy atom. The minimum atomic E-state index is -0.772. The van der Waals surface area contributed by atoms with Gasteiger partial charge >= 0.3 is 0 Å². The number of aromatic nitrogens is 1. The number of likely N-dealkylation sites (tertiary alicyclic amines) is 1. The fourth-order valence-corrected chi connectivity index (χ4v) is 6.17. The fraction of sp³-hybridized carbons (Fsp3) is 0.538. The summed E-state index contributed by atoms with van der Waals surface area (Å²) in [6.45, 7) is 1.18. The summed E-state index contributed by atoms with van der Waals surface area (Å²) >= 11 is 0. The molecule has 2 saturated heterocycles. The van der Waals surface area contributed by atoms with E-state index in [2.05, 4.69) is 21.7 Å². The Morgan fingerprint density at radius 2 is 2.14 bits per heavy atom. The van der Waals surface area contributed by atoms with Crippen LogP contribution in [0, 0.1) is 29.1 Å². The lowest BCUT2D eigenvalue weighted by Crippen LogP contribution is -2.51. The minimum absolute atomic E-state index is 0.0616. The van der Waals surface area contributed by atoms with Crippen LogP contribution >= 0.6 is 0 Å². The third kappa shape index (κ3) is 4.33. The van der Waals surface area contributed by atoms with Gasteiger partial charge in [0.05, 0.1) is 13.2 Å². The number of hydrogen-bond acceptors (Lipinski definition) is 5. The third-order valence-corrected chi connectivity index (χ3v) is 7.89. The summed E-state index contributed by atoms with van der Waals surface area (Å²) in [5, 5.41) is 16.2. The highest BCUT2D eigenvalue weighted by atomic mass is 16.5. The Hall–Kier alpha value is -3.54. The molecule has 9 heteroatoms. The second-order valence-corrected chi connectivity index (χ2v) is 9.92. The van der Waals surface area contributed by atoms with Gasteiger partial charge in [-0.3, -0.25) is 14.4 Å². The van der Waals surface area contributed by atoms with Crippen molar-refractivity contribution in [1.29, 1.82) is 5.26 Å². The SMILES string of the molecule is COc1cccc2[nH]c(C(=O)N3CC4CCCC4[C@H]3C(=O)N[C@H](C#N)CC3CCCNC3=O)cc12. The van der Waals surface area contributed by atoms with Crippen molar-refractivity contribution in [2.24, 2.45) is 17.8 Å². The molecule has 3 amide bonds. The fourth-order valence-electron chi connectivity index (χ4n) is 6.17. The van der Waals surface area contributed by atoms with Crippen molar-refractivity contribution in [2.75, 3.05) is 20.2 Å². The van der Waals surface area contributed by atoms with Crippen LogP contribution in [0.1, 0.15) is 49.0 Å². The van der Waals surface area contributed by atoms with E-state index in [0.29, 0.717) is 31.0 Å². The molecule has 35 heavy (non-hydrogen) atoms. The maximum atomic E-state index is 13.6. The van der Waals surface area contributed by atoms with E-state index in [-0.39, 0.29) is 41.9 Å². The van der Waals surface area contributed by atoms with Gasteiger partial charge in [0, 0.05) is 29.9 Å². The van der Waals surface area contributed by atoms with E-state index in [9.17, 15) is 19.6 Å². The number of carbonyl (C=O) groups is 3. The first-order valence-corrected chi connectivity index (χ1v) is 12.4. The van der Waals surface area contributed by atoms with Crippen LogP contribution in [0.25, 0.3) is 10.9 Å². The van der Waals surface area contributed by atoms with Crippen LogP contribution in [0.5, 0.6) is 5.75 Å². The number of benzene rings is 1. The first-order valence-electron chi connectivity index (χ1n) is 12.4. The predicted octanol–water partition coefficient (Wildman–Crippen LogP) is 2.34. The van der Waals surface area contributed by atoms with Gasteiger partial charge in [-0.25, -0.2) is 0 Å². The molecule has 5 rings (SSSR count). The van der Waals surface area contributed by atoms with Gasteiger partial charge in [-0.2, -0.15) is 5.26 Å².